The second-order valence-electron chi connectivity index (χ2n) is 4.03. The van der Waals surface area contributed by atoms with Gasteiger partial charge in [-0.3, -0.25) is 9.36 Å². The number of esters is 1. The first-order valence-electron chi connectivity index (χ1n) is 5.80. The highest BCUT2D eigenvalue weighted by molar-refractivity contribution is 5.89. The Hall–Kier alpha value is -2.69. The van der Waals surface area contributed by atoms with E-state index in [9.17, 15) is 14.0 Å². The molecule has 0 spiro atoms. The molecule has 0 aliphatic rings. The minimum absolute atomic E-state index is 0.103. The Labute approximate surface area is 114 Å². The summed E-state index contributed by atoms with van der Waals surface area (Å²) in [6, 6.07) is 6.77. The van der Waals surface area contributed by atoms with Gasteiger partial charge in [-0.25, -0.2) is 9.18 Å². The van der Waals surface area contributed by atoms with Crippen LogP contribution in [0.5, 0.6) is 0 Å². The molecule has 0 saturated heterocycles. The number of hydrogen-bond donors (Lipinski definition) is 0. The molecule has 4 nitrogen and oxygen atoms in total. The Kier molecular flexibility index (Phi) is 3.79. The number of rotatable bonds is 3. The van der Waals surface area contributed by atoms with Crippen LogP contribution in [0.2, 0.25) is 0 Å². The molecule has 20 heavy (non-hydrogen) atoms. The number of hydrogen-bond acceptors (Lipinski definition) is 3. The van der Waals surface area contributed by atoms with E-state index in [-0.39, 0.29) is 5.56 Å². The lowest BCUT2D eigenvalue weighted by Crippen LogP contribution is -2.26. The molecule has 0 radical (unpaired) electrons. The van der Waals surface area contributed by atoms with Gasteiger partial charge in [-0.15, -0.1) is 0 Å². The second kappa shape index (κ2) is 5.52. The molecule has 1 aromatic carbocycles. The van der Waals surface area contributed by atoms with Gasteiger partial charge < -0.3 is 4.74 Å². The van der Waals surface area contributed by atoms with Crippen molar-refractivity contribution in [3.63, 3.8) is 0 Å². The van der Waals surface area contributed by atoms with Crippen molar-refractivity contribution in [3.05, 3.63) is 70.4 Å². The molecule has 0 aliphatic heterocycles. The molecule has 0 unspecified atom stereocenters. The van der Waals surface area contributed by atoms with E-state index in [1.807, 2.05) is 0 Å². The third-order valence-corrected chi connectivity index (χ3v) is 2.78. The van der Waals surface area contributed by atoms with Gasteiger partial charge in [0.05, 0.1) is 7.11 Å². The van der Waals surface area contributed by atoms with Gasteiger partial charge in [0.15, 0.2) is 0 Å². The fourth-order valence-corrected chi connectivity index (χ4v) is 1.76. The fraction of sp³-hybridized carbons (Fsp3) is 0.0667. The highest BCUT2D eigenvalue weighted by Gasteiger charge is 2.14. The lowest BCUT2D eigenvalue weighted by atomic mass is 10.2. The maximum Gasteiger partial charge on any atom is 0.343 e. The summed E-state index contributed by atoms with van der Waals surface area (Å²) in [5.41, 5.74) is 0.392. The van der Waals surface area contributed by atoms with Gasteiger partial charge in [-0.05, 0) is 35.9 Å². The molecule has 2 aromatic rings. The van der Waals surface area contributed by atoms with Crippen LogP contribution in [0.1, 0.15) is 15.9 Å². The SMILES string of the molecule is C=Cc1cc(C(=O)OC)c(=O)n(-c2ccc(F)cc2)c1. The summed E-state index contributed by atoms with van der Waals surface area (Å²) in [5.74, 6) is -1.13. The summed E-state index contributed by atoms with van der Waals surface area (Å²) in [6.07, 6.45) is 3.03. The van der Waals surface area contributed by atoms with Crippen molar-refractivity contribution < 1.29 is 13.9 Å². The second-order valence-corrected chi connectivity index (χ2v) is 4.03. The maximum absolute atomic E-state index is 12.9. The molecule has 0 bridgehead atoms. The number of nitrogens with zero attached hydrogens (tertiary/aromatic N) is 1. The number of pyridine rings is 1. The van der Waals surface area contributed by atoms with Crippen LogP contribution in [0, 0.1) is 5.82 Å². The van der Waals surface area contributed by atoms with Crippen LogP contribution in [0.15, 0.2) is 47.9 Å². The standard InChI is InChI=1S/C15H12FNO3/c1-3-10-8-13(15(19)20-2)14(18)17(9-10)12-6-4-11(16)5-7-12/h3-9H,1H2,2H3. The number of ether oxygens (including phenoxy) is 1. The van der Waals surface area contributed by atoms with Crippen LogP contribution in [-0.4, -0.2) is 17.6 Å². The molecular weight excluding hydrogens is 261 g/mol. The normalized spacial score (nSPS) is 10.1. The molecule has 0 amide bonds. The third-order valence-electron chi connectivity index (χ3n) is 2.78. The van der Waals surface area contributed by atoms with Gasteiger partial charge in [-0.2, -0.15) is 0 Å². The minimum Gasteiger partial charge on any atom is -0.465 e. The summed E-state index contributed by atoms with van der Waals surface area (Å²) in [4.78, 5) is 23.9. The largest absolute Gasteiger partial charge is 0.465 e. The van der Waals surface area contributed by atoms with Gasteiger partial charge in [-0.1, -0.05) is 12.7 Å². The van der Waals surface area contributed by atoms with Crippen LogP contribution in [0.25, 0.3) is 11.8 Å². The van der Waals surface area contributed by atoms with Crippen molar-refractivity contribution in [2.45, 2.75) is 0 Å². The number of carbonyl (C=O) groups excluding carboxylic acids is 1. The Balaban J connectivity index is 2.69. The van der Waals surface area contributed by atoms with E-state index in [4.69, 9.17) is 0 Å². The average molecular weight is 273 g/mol. The van der Waals surface area contributed by atoms with E-state index in [2.05, 4.69) is 11.3 Å². The van der Waals surface area contributed by atoms with E-state index in [0.29, 0.717) is 11.3 Å². The average Bonchev–Trinajstić information content (AvgIpc) is 2.48. The number of methoxy groups -OCH3 is 1. The molecule has 2 rings (SSSR count). The highest BCUT2D eigenvalue weighted by Crippen LogP contribution is 2.11. The van der Waals surface area contributed by atoms with E-state index >= 15 is 0 Å². The first-order chi connectivity index (χ1) is 9.56. The van der Waals surface area contributed by atoms with Crippen molar-refractivity contribution in [2.24, 2.45) is 0 Å². The number of carbonyl (C=O) groups is 1. The van der Waals surface area contributed by atoms with Crippen LogP contribution >= 0.6 is 0 Å². The minimum atomic E-state index is -0.727. The van der Waals surface area contributed by atoms with E-state index in [1.165, 1.54) is 54.3 Å². The van der Waals surface area contributed by atoms with Gasteiger partial charge in [0.25, 0.3) is 5.56 Å². The zero-order valence-corrected chi connectivity index (χ0v) is 10.8. The molecule has 102 valence electrons. The molecule has 0 saturated carbocycles. The van der Waals surface area contributed by atoms with Gasteiger partial charge >= 0.3 is 5.97 Å². The van der Waals surface area contributed by atoms with Crippen LogP contribution in [0.3, 0.4) is 0 Å². The maximum atomic E-state index is 12.9. The smallest absolute Gasteiger partial charge is 0.343 e. The predicted molar refractivity (Wildman–Crippen MR) is 73.4 cm³/mol. The highest BCUT2D eigenvalue weighted by atomic mass is 19.1. The number of aromatic nitrogens is 1. The Bertz CT molecular complexity index is 717. The van der Waals surface area contributed by atoms with Gasteiger partial charge in [0.2, 0.25) is 0 Å². The summed E-state index contributed by atoms with van der Waals surface area (Å²) < 4.78 is 18.8. The van der Waals surface area contributed by atoms with Crippen molar-refractivity contribution in [1.82, 2.24) is 4.57 Å². The molecule has 0 N–H and O–H groups in total. The Morgan fingerprint density at radius 1 is 1.35 bits per heavy atom. The van der Waals surface area contributed by atoms with Crippen LogP contribution in [-0.2, 0) is 4.74 Å². The lowest BCUT2D eigenvalue weighted by Gasteiger charge is -2.09. The van der Waals surface area contributed by atoms with E-state index < -0.39 is 17.3 Å². The predicted octanol–water partition coefficient (Wildman–Crippen LogP) is 2.41. The molecule has 0 atom stereocenters. The fourth-order valence-electron chi connectivity index (χ4n) is 1.76. The van der Waals surface area contributed by atoms with Crippen molar-refractivity contribution in [2.75, 3.05) is 7.11 Å². The van der Waals surface area contributed by atoms with Crippen molar-refractivity contribution in [3.8, 4) is 5.69 Å². The van der Waals surface area contributed by atoms with Crippen molar-refractivity contribution >= 4 is 12.0 Å². The summed E-state index contributed by atoms with van der Waals surface area (Å²) >= 11 is 0. The molecule has 0 aliphatic carbocycles. The molecule has 5 heteroatoms. The Morgan fingerprint density at radius 2 is 2.00 bits per heavy atom. The zero-order chi connectivity index (χ0) is 14.7. The van der Waals surface area contributed by atoms with E-state index in [0.717, 1.165) is 0 Å². The molecule has 1 heterocycles. The third kappa shape index (κ3) is 2.51. The topological polar surface area (TPSA) is 48.3 Å². The first-order valence-corrected chi connectivity index (χ1v) is 5.80. The number of halogens is 1. The zero-order valence-electron chi connectivity index (χ0n) is 10.8. The summed E-state index contributed by atoms with van der Waals surface area (Å²) in [5, 5.41) is 0. The molecular formula is C15H12FNO3. The molecule has 0 fully saturated rings. The van der Waals surface area contributed by atoms with E-state index in [1.54, 1.807) is 0 Å². The lowest BCUT2D eigenvalue weighted by molar-refractivity contribution is 0.0598. The summed E-state index contributed by atoms with van der Waals surface area (Å²) in [6.45, 7) is 3.61. The van der Waals surface area contributed by atoms with Crippen LogP contribution < -0.4 is 5.56 Å². The summed E-state index contributed by atoms with van der Waals surface area (Å²) in [7, 11) is 1.20. The quantitative estimate of drug-likeness (QED) is 0.807. The Morgan fingerprint density at radius 3 is 2.55 bits per heavy atom. The number of benzene rings is 1. The van der Waals surface area contributed by atoms with Gasteiger partial charge in [0.1, 0.15) is 11.4 Å². The van der Waals surface area contributed by atoms with Crippen molar-refractivity contribution in [1.29, 1.82) is 0 Å². The van der Waals surface area contributed by atoms with Gasteiger partial charge in [0, 0.05) is 11.9 Å². The first kappa shape index (κ1) is 13.7. The monoisotopic (exact) mass is 273 g/mol. The van der Waals surface area contributed by atoms with Crippen LogP contribution in [0.4, 0.5) is 4.39 Å². The molecule has 1 aromatic heterocycles.